The van der Waals surface area contributed by atoms with Gasteiger partial charge in [0.25, 0.3) is 0 Å². The molecule has 7 heteroatoms. The van der Waals surface area contributed by atoms with Crippen LogP contribution in [0.1, 0.15) is 65.9 Å². The minimum atomic E-state index is -0.441. The van der Waals surface area contributed by atoms with Crippen LogP contribution in [-0.4, -0.2) is 71.6 Å². The number of carbonyl (C=O) groups is 2. The van der Waals surface area contributed by atoms with Gasteiger partial charge in [0.1, 0.15) is 0 Å². The highest BCUT2D eigenvalue weighted by molar-refractivity contribution is 5.86. The Hall–Kier alpha value is -2.38. The normalized spacial score (nSPS) is 20.2. The number of nitrogens with zero attached hydrogens (tertiary/aromatic N) is 3. The van der Waals surface area contributed by atoms with E-state index in [4.69, 9.17) is 4.74 Å². The maximum atomic E-state index is 14.1. The monoisotopic (exact) mass is 524 g/mol. The van der Waals surface area contributed by atoms with E-state index in [0.717, 1.165) is 51.9 Å². The summed E-state index contributed by atoms with van der Waals surface area (Å²) in [6.45, 7) is 14.7. The van der Waals surface area contributed by atoms with Crippen LogP contribution >= 0.6 is 0 Å². The maximum absolute atomic E-state index is 14.1. The average molecular weight is 525 g/mol. The number of hydrogen-bond donors (Lipinski definition) is 1. The Bertz CT molecular complexity index is 1100. The first-order valence-corrected chi connectivity index (χ1v) is 14.5. The SMILES string of the molecule is COCCCn1cc(CN(C(=O)C2CNCC(N(CC(C)C)C(=O)C(C)(C)C)C2)C2CC2)c2ccccc21. The number of amides is 2. The Morgan fingerprint density at radius 3 is 2.50 bits per heavy atom. The molecule has 1 aliphatic heterocycles. The first-order chi connectivity index (χ1) is 18.1. The average Bonchev–Trinajstić information content (AvgIpc) is 3.67. The molecular formula is C31H48N4O3. The summed E-state index contributed by atoms with van der Waals surface area (Å²) < 4.78 is 7.57. The number of fused-ring (bicyclic) bond motifs is 1. The number of aryl methyl sites for hydroxylation is 1. The molecule has 0 radical (unpaired) electrons. The number of benzene rings is 1. The largest absolute Gasteiger partial charge is 0.385 e. The zero-order valence-electron chi connectivity index (χ0n) is 24.3. The van der Waals surface area contributed by atoms with Crippen LogP contribution in [0.25, 0.3) is 10.9 Å². The molecule has 38 heavy (non-hydrogen) atoms. The van der Waals surface area contributed by atoms with Crippen molar-refractivity contribution in [2.24, 2.45) is 17.3 Å². The van der Waals surface area contributed by atoms with Gasteiger partial charge in [0.05, 0.1) is 5.92 Å². The first-order valence-electron chi connectivity index (χ1n) is 14.5. The minimum absolute atomic E-state index is 0.0376. The predicted octanol–water partition coefficient (Wildman–Crippen LogP) is 4.68. The van der Waals surface area contributed by atoms with Crippen molar-refractivity contribution < 1.29 is 14.3 Å². The van der Waals surface area contributed by atoms with Crippen molar-refractivity contribution in [2.75, 3.05) is 33.4 Å². The molecule has 2 atom stereocenters. The van der Waals surface area contributed by atoms with E-state index in [9.17, 15) is 9.59 Å². The fourth-order valence-corrected chi connectivity index (χ4v) is 5.77. The van der Waals surface area contributed by atoms with E-state index >= 15 is 0 Å². The fraction of sp³-hybridized carbons (Fsp3) is 0.677. The van der Waals surface area contributed by atoms with Crippen LogP contribution in [0, 0.1) is 17.3 Å². The summed E-state index contributed by atoms with van der Waals surface area (Å²) in [4.78, 5) is 31.6. The molecule has 2 aliphatic rings. The molecule has 2 unspecified atom stereocenters. The Labute approximate surface area is 228 Å². The number of methoxy groups -OCH3 is 1. The van der Waals surface area contributed by atoms with Gasteiger partial charge >= 0.3 is 0 Å². The molecule has 1 aromatic carbocycles. The van der Waals surface area contributed by atoms with Gasteiger partial charge in [-0.1, -0.05) is 52.8 Å². The Morgan fingerprint density at radius 1 is 1.11 bits per heavy atom. The van der Waals surface area contributed by atoms with Crippen molar-refractivity contribution in [2.45, 2.75) is 85.5 Å². The molecule has 2 aromatic rings. The standard InChI is InChI=1S/C31H48N4O3/c1-22(2)19-35(30(37)31(3,4)5)26-16-23(17-32-18-26)29(36)34(25-12-13-25)21-24-20-33(14-9-15-38-6)28-11-8-7-10-27(24)28/h7-8,10-11,20,22-23,25-26,32H,9,12-19,21H2,1-6H3. The molecule has 1 N–H and O–H groups in total. The summed E-state index contributed by atoms with van der Waals surface area (Å²) >= 11 is 0. The summed E-state index contributed by atoms with van der Waals surface area (Å²) in [6, 6.07) is 8.86. The molecule has 4 rings (SSSR count). The smallest absolute Gasteiger partial charge is 0.228 e. The van der Waals surface area contributed by atoms with E-state index in [1.807, 2.05) is 25.7 Å². The van der Waals surface area contributed by atoms with Gasteiger partial charge in [-0.3, -0.25) is 9.59 Å². The van der Waals surface area contributed by atoms with Crippen molar-refractivity contribution in [3.8, 4) is 0 Å². The number of para-hydroxylation sites is 1. The highest BCUT2D eigenvalue weighted by Crippen LogP contribution is 2.34. The van der Waals surface area contributed by atoms with E-state index in [1.165, 1.54) is 16.5 Å². The van der Waals surface area contributed by atoms with E-state index < -0.39 is 5.41 Å². The van der Waals surface area contributed by atoms with Crippen LogP contribution in [0.15, 0.2) is 30.5 Å². The Balaban J connectivity index is 1.52. The van der Waals surface area contributed by atoms with Gasteiger partial charge in [-0.15, -0.1) is 0 Å². The lowest BCUT2D eigenvalue weighted by Crippen LogP contribution is -2.57. The molecule has 7 nitrogen and oxygen atoms in total. The second-order valence-corrected chi connectivity index (χ2v) is 12.8. The van der Waals surface area contributed by atoms with Gasteiger partial charge in [-0.25, -0.2) is 0 Å². The van der Waals surface area contributed by atoms with Crippen molar-refractivity contribution in [3.63, 3.8) is 0 Å². The molecule has 1 saturated carbocycles. The lowest BCUT2D eigenvalue weighted by molar-refractivity contribution is -0.146. The van der Waals surface area contributed by atoms with Crippen LogP contribution in [0.4, 0.5) is 0 Å². The van der Waals surface area contributed by atoms with Crippen LogP contribution in [0.5, 0.6) is 0 Å². The molecule has 2 amide bonds. The minimum Gasteiger partial charge on any atom is -0.385 e. The van der Waals surface area contributed by atoms with Crippen LogP contribution in [0.3, 0.4) is 0 Å². The van der Waals surface area contributed by atoms with Crippen molar-refractivity contribution in [1.82, 2.24) is 19.7 Å². The summed E-state index contributed by atoms with van der Waals surface area (Å²) in [7, 11) is 1.74. The highest BCUT2D eigenvalue weighted by atomic mass is 16.5. The third-order valence-corrected chi connectivity index (χ3v) is 7.81. The number of ether oxygens (including phenoxy) is 1. The molecule has 1 saturated heterocycles. The number of rotatable bonds is 11. The zero-order valence-corrected chi connectivity index (χ0v) is 24.3. The highest BCUT2D eigenvalue weighted by Gasteiger charge is 2.41. The third kappa shape index (κ3) is 6.78. The number of nitrogens with one attached hydrogen (secondary N) is 1. The Morgan fingerprint density at radius 2 is 1.84 bits per heavy atom. The van der Waals surface area contributed by atoms with Crippen molar-refractivity contribution in [3.05, 3.63) is 36.0 Å². The van der Waals surface area contributed by atoms with Gasteiger partial charge in [-0.2, -0.15) is 0 Å². The lowest BCUT2D eigenvalue weighted by atomic mass is 9.89. The van der Waals surface area contributed by atoms with Crippen molar-refractivity contribution in [1.29, 1.82) is 0 Å². The van der Waals surface area contributed by atoms with Crippen LogP contribution in [-0.2, 0) is 27.4 Å². The molecular weight excluding hydrogens is 476 g/mol. The molecule has 210 valence electrons. The first kappa shape index (κ1) is 28.6. The third-order valence-electron chi connectivity index (χ3n) is 7.81. The van der Waals surface area contributed by atoms with E-state index in [-0.39, 0.29) is 23.8 Å². The molecule has 0 bridgehead atoms. The van der Waals surface area contributed by atoms with Crippen molar-refractivity contribution >= 4 is 22.7 Å². The number of piperidine rings is 1. The second-order valence-electron chi connectivity index (χ2n) is 12.8. The van der Waals surface area contributed by atoms with Crippen LogP contribution < -0.4 is 5.32 Å². The Kier molecular flexibility index (Phi) is 9.19. The molecule has 2 fully saturated rings. The van der Waals surface area contributed by atoms with Gasteiger partial charge in [0.2, 0.25) is 11.8 Å². The fourth-order valence-electron chi connectivity index (χ4n) is 5.77. The number of carbonyl (C=O) groups excluding carboxylic acids is 2. The topological polar surface area (TPSA) is 66.8 Å². The van der Waals surface area contributed by atoms with E-state index in [1.54, 1.807) is 7.11 Å². The molecule has 2 heterocycles. The molecule has 0 spiro atoms. The second kappa shape index (κ2) is 12.2. The summed E-state index contributed by atoms with van der Waals surface area (Å²) in [5.74, 6) is 0.661. The van der Waals surface area contributed by atoms with Gasteiger partial charge < -0.3 is 24.4 Å². The molecule has 1 aromatic heterocycles. The number of hydrogen-bond acceptors (Lipinski definition) is 4. The summed E-state index contributed by atoms with van der Waals surface area (Å²) in [5.41, 5.74) is 1.98. The van der Waals surface area contributed by atoms with E-state index in [0.29, 0.717) is 25.0 Å². The summed E-state index contributed by atoms with van der Waals surface area (Å²) in [5, 5.41) is 4.73. The molecule has 1 aliphatic carbocycles. The summed E-state index contributed by atoms with van der Waals surface area (Å²) in [6.07, 6.45) is 6.06. The number of aromatic nitrogens is 1. The zero-order chi connectivity index (χ0) is 27.4. The predicted molar refractivity (Wildman–Crippen MR) is 153 cm³/mol. The van der Waals surface area contributed by atoms with Gasteiger partial charge in [0.15, 0.2) is 0 Å². The van der Waals surface area contributed by atoms with E-state index in [2.05, 4.69) is 59.1 Å². The lowest BCUT2D eigenvalue weighted by Gasteiger charge is -2.42. The van der Waals surface area contributed by atoms with Crippen LogP contribution in [0.2, 0.25) is 0 Å². The maximum Gasteiger partial charge on any atom is 0.228 e. The van der Waals surface area contributed by atoms with Gasteiger partial charge in [0, 0.05) is 81.0 Å². The van der Waals surface area contributed by atoms with Gasteiger partial charge in [-0.05, 0) is 43.2 Å². The quantitative estimate of drug-likeness (QED) is 0.434.